The molecule has 0 saturated carbocycles. The average Bonchev–Trinajstić information content (AvgIpc) is 2.49. The number of hydrogen-bond donors (Lipinski definition) is 2. The quantitative estimate of drug-likeness (QED) is 0.546. The number of aromatic amines is 2. The Morgan fingerprint density at radius 1 is 1.25 bits per heavy atom. The first-order valence-corrected chi connectivity index (χ1v) is 3.40. The fraction of sp³-hybridized carbons (Fsp3) is 0. The van der Waals surface area contributed by atoms with Crippen molar-refractivity contribution in [2.45, 2.75) is 0 Å². The highest BCUT2D eigenvalue weighted by Crippen LogP contribution is 2.13. The van der Waals surface area contributed by atoms with Gasteiger partial charge in [-0.2, -0.15) is 4.90 Å². The molecule has 5 heteroatoms. The van der Waals surface area contributed by atoms with Crippen molar-refractivity contribution >= 4 is 0 Å². The number of H-pyrrole nitrogens is 2. The fourth-order valence-corrected chi connectivity index (χ4v) is 1.08. The van der Waals surface area contributed by atoms with E-state index in [1.54, 1.807) is 12.3 Å². The maximum absolute atomic E-state index is 10.3. The summed E-state index contributed by atoms with van der Waals surface area (Å²) in [5, 5.41) is 26.3. The molecule has 0 radical (unpaired) electrons. The molecule has 12 heavy (non-hydrogen) atoms. The summed E-state index contributed by atoms with van der Waals surface area (Å²) in [4.78, 5) is -0.416. The monoisotopic (exact) mass is 164 g/mol. The second-order valence-electron chi connectivity index (χ2n) is 2.44. The predicted molar refractivity (Wildman–Crippen MR) is 43.8 cm³/mol. The highest BCUT2D eigenvalue weighted by Gasteiger charge is 2.02. The number of aromatic nitrogens is 2. The molecule has 2 rings (SSSR count). The number of rotatable bonds is 0. The molecule has 0 amide bonds. The second kappa shape index (κ2) is 2.30. The van der Waals surface area contributed by atoms with Crippen LogP contribution in [0.1, 0.15) is 0 Å². The number of benzene rings is 1. The maximum atomic E-state index is 10.3. The van der Waals surface area contributed by atoms with E-state index < -0.39 is 4.90 Å². The molecule has 0 aromatic carbocycles. The lowest BCUT2D eigenvalue weighted by atomic mass is 10.2. The Kier molecular flexibility index (Phi) is 1.30. The molecule has 0 aromatic rings. The standard InChI is InChI=1S/C7H6N3O2/c11-10(12)6-2-1-5-4-8-9-7(5)3-6/h1-4,8-9H/q-1. The zero-order valence-corrected chi connectivity index (χ0v) is 6.07. The third-order valence-electron chi connectivity index (χ3n) is 1.68. The van der Waals surface area contributed by atoms with E-state index in [0.717, 1.165) is 11.3 Å². The third kappa shape index (κ3) is 0.914. The first-order valence-electron chi connectivity index (χ1n) is 3.40. The van der Waals surface area contributed by atoms with E-state index in [1.807, 2.05) is 0 Å². The summed E-state index contributed by atoms with van der Waals surface area (Å²) in [6, 6.07) is 4.66. The van der Waals surface area contributed by atoms with E-state index in [2.05, 4.69) is 10.2 Å². The van der Waals surface area contributed by atoms with Gasteiger partial charge in [-0.05, 0) is 6.07 Å². The Bertz CT molecular complexity index is 425. The smallest absolute Gasteiger partial charge is 0.224 e. The average molecular weight is 164 g/mol. The highest BCUT2D eigenvalue weighted by molar-refractivity contribution is 5.58. The third-order valence-corrected chi connectivity index (χ3v) is 1.68. The van der Waals surface area contributed by atoms with Gasteiger partial charge in [0, 0.05) is 23.9 Å². The SMILES string of the molecule is [O-][N+]([O-])=c1ccc2c[nH][nH]c-2c1. The van der Waals surface area contributed by atoms with Gasteiger partial charge in [0.1, 0.15) is 0 Å². The van der Waals surface area contributed by atoms with E-state index in [1.165, 1.54) is 12.1 Å². The Morgan fingerprint density at radius 3 is 2.83 bits per heavy atom. The van der Waals surface area contributed by atoms with Gasteiger partial charge in [-0.25, -0.2) is 0 Å². The molecular weight excluding hydrogens is 158 g/mol. The van der Waals surface area contributed by atoms with Gasteiger partial charge in [0.25, 0.3) is 0 Å². The number of nitrogens with one attached hydrogen (secondary N) is 2. The van der Waals surface area contributed by atoms with E-state index in [4.69, 9.17) is 0 Å². The molecule has 0 aromatic heterocycles. The van der Waals surface area contributed by atoms with Crippen molar-refractivity contribution in [2.75, 3.05) is 0 Å². The van der Waals surface area contributed by atoms with Crippen LogP contribution < -0.4 is 10.3 Å². The number of hydrogen-bond acceptors (Lipinski definition) is 2. The number of fused-ring (bicyclic) bond motifs is 1. The molecule has 1 aliphatic heterocycles. The normalized spacial score (nSPS) is 10.3. The summed E-state index contributed by atoms with van der Waals surface area (Å²) in [5.74, 6) is 0. The molecule has 2 N–H and O–H groups in total. The van der Waals surface area contributed by atoms with E-state index in [-0.39, 0.29) is 5.36 Å². The largest absolute Gasteiger partial charge is 0.612 e. The first-order chi connectivity index (χ1) is 5.77. The second-order valence-corrected chi connectivity index (χ2v) is 2.44. The summed E-state index contributed by atoms with van der Waals surface area (Å²) in [5.41, 5.74) is 1.67. The summed E-state index contributed by atoms with van der Waals surface area (Å²) in [6.45, 7) is 0. The minimum atomic E-state index is -0.416. The van der Waals surface area contributed by atoms with Gasteiger partial charge in [-0.3, -0.25) is 0 Å². The zero-order valence-electron chi connectivity index (χ0n) is 6.07. The van der Waals surface area contributed by atoms with E-state index >= 15 is 0 Å². The molecule has 0 spiro atoms. The molecule has 0 bridgehead atoms. The topological polar surface area (TPSA) is 80.7 Å². The molecular formula is C7H6N3O2-. The van der Waals surface area contributed by atoms with Crippen molar-refractivity contribution in [3.8, 4) is 11.3 Å². The van der Waals surface area contributed by atoms with Gasteiger partial charge < -0.3 is 20.6 Å². The van der Waals surface area contributed by atoms with Crippen molar-refractivity contribution < 1.29 is 0 Å². The minimum absolute atomic E-state index is 0.0957. The van der Waals surface area contributed by atoms with Crippen LogP contribution in [0.25, 0.3) is 11.3 Å². The summed E-state index contributed by atoms with van der Waals surface area (Å²) >= 11 is 0. The zero-order chi connectivity index (χ0) is 8.55. The highest BCUT2D eigenvalue weighted by atomic mass is 16.8. The lowest BCUT2D eigenvalue weighted by Crippen LogP contribution is -2.17. The van der Waals surface area contributed by atoms with Crippen molar-refractivity contribution in [1.82, 2.24) is 15.1 Å². The van der Waals surface area contributed by atoms with Crippen LogP contribution in [0.3, 0.4) is 0 Å². The van der Waals surface area contributed by atoms with Crippen molar-refractivity contribution in [2.24, 2.45) is 0 Å². The molecule has 0 atom stereocenters. The fourth-order valence-electron chi connectivity index (χ4n) is 1.08. The van der Waals surface area contributed by atoms with Gasteiger partial charge in [0.2, 0.25) is 5.36 Å². The van der Waals surface area contributed by atoms with Crippen LogP contribution in [0.5, 0.6) is 0 Å². The minimum Gasteiger partial charge on any atom is -0.612 e. The van der Waals surface area contributed by atoms with Crippen LogP contribution in [-0.2, 0) is 0 Å². The van der Waals surface area contributed by atoms with Crippen LogP contribution in [0, 0.1) is 10.4 Å². The molecule has 2 aliphatic rings. The predicted octanol–water partition coefficient (Wildman–Crippen LogP) is 0.215. The molecule has 0 fully saturated rings. The van der Waals surface area contributed by atoms with Gasteiger partial charge >= 0.3 is 0 Å². The van der Waals surface area contributed by atoms with Crippen LogP contribution in [0.15, 0.2) is 24.4 Å². The van der Waals surface area contributed by atoms with Crippen LogP contribution >= 0.6 is 0 Å². The lowest BCUT2D eigenvalue weighted by molar-refractivity contribution is 0.966. The first kappa shape index (κ1) is 6.78. The van der Waals surface area contributed by atoms with Gasteiger partial charge in [-0.1, -0.05) is 0 Å². The van der Waals surface area contributed by atoms with E-state index in [9.17, 15) is 10.4 Å². The molecule has 1 heterocycles. The Labute approximate surface area is 67.5 Å². The van der Waals surface area contributed by atoms with Crippen LogP contribution in [0.2, 0.25) is 0 Å². The Hall–Kier alpha value is -1.91. The molecule has 0 saturated heterocycles. The molecule has 5 nitrogen and oxygen atoms in total. The Balaban J connectivity index is 2.79. The van der Waals surface area contributed by atoms with Gasteiger partial charge in [-0.15, -0.1) is 0 Å². The molecule has 1 aliphatic carbocycles. The van der Waals surface area contributed by atoms with Crippen LogP contribution in [-0.4, -0.2) is 10.2 Å². The van der Waals surface area contributed by atoms with Gasteiger partial charge in [0.05, 0.1) is 5.69 Å². The summed E-state index contributed by atoms with van der Waals surface area (Å²) in [6.07, 6.45) is 1.75. The number of nitrogens with zero attached hydrogens (tertiary/aromatic N) is 1. The van der Waals surface area contributed by atoms with Gasteiger partial charge in [0.15, 0.2) is 0 Å². The Morgan fingerprint density at radius 2 is 2.08 bits per heavy atom. The van der Waals surface area contributed by atoms with Crippen molar-refractivity contribution in [3.05, 3.63) is 40.2 Å². The van der Waals surface area contributed by atoms with E-state index in [0.29, 0.717) is 0 Å². The molecule has 62 valence electrons. The van der Waals surface area contributed by atoms with Crippen LogP contribution in [0.4, 0.5) is 0 Å². The summed E-state index contributed by atoms with van der Waals surface area (Å²) in [7, 11) is 0. The summed E-state index contributed by atoms with van der Waals surface area (Å²) < 4.78 is 0. The van der Waals surface area contributed by atoms with Crippen molar-refractivity contribution in [3.63, 3.8) is 0 Å². The lowest BCUT2D eigenvalue weighted by Gasteiger charge is -2.02. The molecule has 0 unspecified atom stereocenters. The van der Waals surface area contributed by atoms with Crippen molar-refractivity contribution in [1.29, 1.82) is 0 Å². The maximum Gasteiger partial charge on any atom is 0.224 e.